The van der Waals surface area contributed by atoms with Gasteiger partial charge in [0.05, 0.1) is 45.2 Å². The van der Waals surface area contributed by atoms with Crippen molar-refractivity contribution in [1.29, 1.82) is 0 Å². The molecule has 0 bridgehead atoms. The van der Waals surface area contributed by atoms with Crippen LogP contribution in [0.3, 0.4) is 0 Å². The summed E-state index contributed by atoms with van der Waals surface area (Å²) in [5.41, 5.74) is 0.130. The molecule has 1 unspecified atom stereocenters. The molecular weight excluding hydrogens is 562 g/mol. The van der Waals surface area contributed by atoms with E-state index < -0.39 is 46.0 Å². The van der Waals surface area contributed by atoms with Gasteiger partial charge in [-0.3, -0.25) is 4.72 Å². The van der Waals surface area contributed by atoms with Gasteiger partial charge in [-0.15, -0.1) is 11.3 Å². The van der Waals surface area contributed by atoms with Gasteiger partial charge in [-0.2, -0.15) is 13.2 Å². The highest BCUT2D eigenvalue weighted by Gasteiger charge is 2.31. The second-order valence-corrected chi connectivity index (χ2v) is 11.9. The number of anilines is 2. The number of rotatable bonds is 10. The minimum atomic E-state index is -4.67. The first kappa shape index (κ1) is 29.1. The Labute approximate surface area is 226 Å². The Hall–Kier alpha value is -2.88. The topological polar surface area (TPSA) is 126 Å². The van der Waals surface area contributed by atoms with Gasteiger partial charge in [-0.05, 0) is 38.0 Å². The summed E-state index contributed by atoms with van der Waals surface area (Å²) >= 11 is 1.32. The number of thiazole rings is 1. The van der Waals surface area contributed by atoms with Crippen molar-refractivity contribution < 1.29 is 35.8 Å². The van der Waals surface area contributed by atoms with Gasteiger partial charge < -0.3 is 15.2 Å². The van der Waals surface area contributed by atoms with E-state index in [1.165, 1.54) is 29.7 Å². The second kappa shape index (κ2) is 12.1. The second-order valence-electron chi connectivity index (χ2n) is 9.07. The molecule has 0 aliphatic carbocycles. The molecule has 1 atom stereocenters. The number of aliphatic hydroxyl groups is 1. The lowest BCUT2D eigenvalue weighted by atomic mass is 10.0. The zero-order valence-electron chi connectivity index (χ0n) is 20.8. The van der Waals surface area contributed by atoms with E-state index in [0.29, 0.717) is 23.8 Å². The molecule has 3 heterocycles. The third-order valence-electron chi connectivity index (χ3n) is 5.83. The van der Waals surface area contributed by atoms with Gasteiger partial charge in [0.25, 0.3) is 0 Å². The molecule has 9 nitrogen and oxygen atoms in total. The zero-order chi connectivity index (χ0) is 28.2. The molecule has 1 aliphatic heterocycles. The number of aliphatic hydroxyl groups excluding tert-OH is 1. The maximum atomic E-state index is 15.7. The maximum absolute atomic E-state index is 15.7. The third-order valence-corrected chi connectivity index (χ3v) is 8.34. The van der Waals surface area contributed by atoms with E-state index in [2.05, 4.69) is 15.3 Å². The number of aromatic nitrogens is 3. The zero-order valence-corrected chi connectivity index (χ0v) is 22.5. The summed E-state index contributed by atoms with van der Waals surface area (Å²) in [6, 6.07) is 5.58. The first-order chi connectivity index (χ1) is 18.4. The number of benzene rings is 1. The fourth-order valence-corrected chi connectivity index (χ4v) is 6.20. The number of nitrogens with zero attached hydrogens (tertiary/aromatic N) is 3. The van der Waals surface area contributed by atoms with Crippen LogP contribution in [-0.2, 0) is 14.8 Å². The Balaban J connectivity index is 1.73. The van der Waals surface area contributed by atoms with Gasteiger partial charge in [0.1, 0.15) is 0 Å². The van der Waals surface area contributed by atoms with E-state index in [0.717, 1.165) is 23.9 Å². The molecule has 1 aliphatic rings. The van der Waals surface area contributed by atoms with Crippen LogP contribution < -0.4 is 10.0 Å². The van der Waals surface area contributed by atoms with Crippen LogP contribution in [0.1, 0.15) is 37.1 Å². The number of nitrogens with one attached hydrogen (secondary N) is 2. The van der Waals surface area contributed by atoms with E-state index in [-0.39, 0.29) is 29.7 Å². The third kappa shape index (κ3) is 7.84. The average molecular weight is 590 g/mol. The van der Waals surface area contributed by atoms with E-state index in [4.69, 9.17) is 9.72 Å². The van der Waals surface area contributed by atoms with Gasteiger partial charge in [0.15, 0.2) is 5.82 Å². The van der Waals surface area contributed by atoms with Crippen LogP contribution in [0.4, 0.5) is 29.2 Å². The standard InChI is InChI=1S/C24H27F4N5O4S2/c1-14(34)13-30-23-29-9-5-18(31-23)21-20(32-22(38-21)15-6-10-37-11-7-15)16-3-2-4-17(19(16)25)33-39(35,36)12-8-24(26,27)28/h2-5,9,14-15,33-34H,6-8,10-13H2,1H3,(H,29,30,31). The van der Waals surface area contributed by atoms with Crippen LogP contribution in [0.15, 0.2) is 30.5 Å². The summed E-state index contributed by atoms with van der Waals surface area (Å²) in [5.74, 6) is -1.90. The van der Waals surface area contributed by atoms with Crippen LogP contribution in [0.5, 0.6) is 0 Å². The quantitative estimate of drug-likeness (QED) is 0.288. The lowest BCUT2D eigenvalue weighted by molar-refractivity contribution is -0.129. The molecule has 0 saturated carbocycles. The van der Waals surface area contributed by atoms with Crippen LogP contribution in [0, 0.1) is 5.82 Å². The van der Waals surface area contributed by atoms with Crippen LogP contribution in [0.2, 0.25) is 0 Å². The smallest absolute Gasteiger partial charge is 0.390 e. The van der Waals surface area contributed by atoms with Gasteiger partial charge >= 0.3 is 6.18 Å². The summed E-state index contributed by atoms with van der Waals surface area (Å²) in [5, 5.41) is 13.2. The van der Waals surface area contributed by atoms with E-state index >= 15 is 4.39 Å². The molecule has 3 N–H and O–H groups in total. The lowest BCUT2D eigenvalue weighted by Gasteiger charge is -2.19. The largest absolute Gasteiger partial charge is 0.392 e. The summed E-state index contributed by atoms with van der Waals surface area (Å²) < 4.78 is 85.3. The predicted molar refractivity (Wildman–Crippen MR) is 140 cm³/mol. The molecule has 0 radical (unpaired) electrons. The van der Waals surface area contributed by atoms with Crippen molar-refractivity contribution in [2.75, 3.05) is 35.6 Å². The fraction of sp³-hybridized carbons (Fsp3) is 0.458. The molecule has 1 fully saturated rings. The molecule has 4 rings (SSSR count). The number of sulfonamides is 1. The molecule has 1 saturated heterocycles. The van der Waals surface area contributed by atoms with Crippen LogP contribution in [0.25, 0.3) is 21.8 Å². The van der Waals surface area contributed by atoms with Crippen molar-refractivity contribution in [1.82, 2.24) is 15.0 Å². The maximum Gasteiger partial charge on any atom is 0.390 e. The van der Waals surface area contributed by atoms with Crippen molar-refractivity contribution in [2.24, 2.45) is 0 Å². The SMILES string of the molecule is CC(O)CNc1nccc(-c2sc(C3CCOCC3)nc2-c2cccc(NS(=O)(=O)CCC(F)(F)F)c2F)n1. The highest BCUT2D eigenvalue weighted by Crippen LogP contribution is 2.42. The summed E-state index contributed by atoms with van der Waals surface area (Å²) in [6.07, 6.45) is -3.93. The highest BCUT2D eigenvalue weighted by atomic mass is 32.2. The van der Waals surface area contributed by atoms with Gasteiger partial charge in [0, 0.05) is 37.4 Å². The Morgan fingerprint density at radius 1 is 1.21 bits per heavy atom. The highest BCUT2D eigenvalue weighted by molar-refractivity contribution is 7.92. The van der Waals surface area contributed by atoms with E-state index in [1.807, 2.05) is 4.72 Å². The summed E-state index contributed by atoms with van der Waals surface area (Å²) in [6.45, 7) is 2.92. The summed E-state index contributed by atoms with van der Waals surface area (Å²) in [4.78, 5) is 13.9. The van der Waals surface area contributed by atoms with Crippen LogP contribution in [-0.4, -0.2) is 66.3 Å². The molecule has 39 heavy (non-hydrogen) atoms. The van der Waals surface area contributed by atoms with Crippen molar-refractivity contribution in [3.63, 3.8) is 0 Å². The van der Waals surface area contributed by atoms with Gasteiger partial charge in [-0.1, -0.05) is 6.07 Å². The molecule has 0 spiro atoms. The number of ether oxygens (including phenoxy) is 1. The number of hydrogen-bond acceptors (Lipinski definition) is 9. The first-order valence-corrected chi connectivity index (χ1v) is 14.6. The Morgan fingerprint density at radius 2 is 1.95 bits per heavy atom. The molecule has 0 amide bonds. The average Bonchev–Trinajstić information content (AvgIpc) is 3.33. The molecule has 15 heteroatoms. The minimum absolute atomic E-state index is 0.0346. The van der Waals surface area contributed by atoms with Gasteiger partial charge in [-0.25, -0.2) is 27.8 Å². The molecule has 212 valence electrons. The fourth-order valence-electron chi connectivity index (χ4n) is 3.88. The Morgan fingerprint density at radius 3 is 2.64 bits per heavy atom. The molecule has 2 aromatic heterocycles. The van der Waals surface area contributed by atoms with Crippen molar-refractivity contribution in [2.45, 2.75) is 44.4 Å². The van der Waals surface area contributed by atoms with E-state index in [1.54, 1.807) is 13.0 Å². The normalized spacial score (nSPS) is 15.7. The Bertz CT molecular complexity index is 1390. The molecule has 3 aromatic rings. The van der Waals surface area contributed by atoms with Gasteiger partial charge in [0.2, 0.25) is 16.0 Å². The van der Waals surface area contributed by atoms with Crippen molar-refractivity contribution in [3.05, 3.63) is 41.3 Å². The van der Waals surface area contributed by atoms with Crippen LogP contribution >= 0.6 is 11.3 Å². The van der Waals surface area contributed by atoms with E-state index in [9.17, 15) is 26.7 Å². The Kier molecular flexibility index (Phi) is 9.03. The monoisotopic (exact) mass is 589 g/mol. The number of alkyl halides is 3. The number of hydrogen-bond donors (Lipinski definition) is 3. The van der Waals surface area contributed by atoms with Crippen molar-refractivity contribution in [3.8, 4) is 21.8 Å². The van der Waals surface area contributed by atoms with Crippen molar-refractivity contribution >= 4 is 33.0 Å². The predicted octanol–water partition coefficient (Wildman–Crippen LogP) is 4.79. The molecular formula is C24H27F4N5O4S2. The lowest BCUT2D eigenvalue weighted by Crippen LogP contribution is -2.22. The minimum Gasteiger partial charge on any atom is -0.392 e. The first-order valence-electron chi connectivity index (χ1n) is 12.1. The number of halogens is 4. The summed E-state index contributed by atoms with van der Waals surface area (Å²) in [7, 11) is -4.47. The molecule has 1 aromatic carbocycles.